The van der Waals surface area contributed by atoms with Crippen LogP contribution in [0.1, 0.15) is 5.56 Å². The first-order valence-corrected chi connectivity index (χ1v) is 6.22. The lowest BCUT2D eigenvalue weighted by atomic mass is 9.80. The van der Waals surface area contributed by atoms with E-state index in [1.807, 2.05) is 0 Å². The van der Waals surface area contributed by atoms with E-state index in [0.717, 1.165) is 9.87 Å². The fourth-order valence-electron chi connectivity index (χ4n) is 1.56. The van der Waals surface area contributed by atoms with Gasteiger partial charge in [0.05, 0.1) is 11.5 Å². The second-order valence-corrected chi connectivity index (χ2v) is 5.96. The lowest BCUT2D eigenvalue weighted by Gasteiger charge is -2.12. The molecule has 2 rings (SSSR count). The molecule has 0 spiro atoms. The van der Waals surface area contributed by atoms with Crippen molar-refractivity contribution in [3.05, 3.63) is 23.8 Å². The first kappa shape index (κ1) is 11.6. The van der Waals surface area contributed by atoms with Crippen LogP contribution in [0.3, 0.4) is 0 Å². The Hall–Kier alpha value is -0.885. The van der Waals surface area contributed by atoms with E-state index >= 15 is 0 Å². The number of hydrogen-bond acceptors (Lipinski definition) is 4. The lowest BCUT2D eigenvalue weighted by Crippen LogP contribution is -2.30. The molecule has 7 heteroatoms. The minimum Gasteiger partial charge on any atom is -0.423 e. The van der Waals surface area contributed by atoms with Gasteiger partial charge in [-0.15, -0.1) is 0 Å². The van der Waals surface area contributed by atoms with Crippen LogP contribution in [-0.2, 0) is 21.3 Å². The summed E-state index contributed by atoms with van der Waals surface area (Å²) in [6.45, 7) is 0.318. The smallest absolute Gasteiger partial charge is 0.423 e. The molecular formula is C9H12BNO4S. The summed E-state index contributed by atoms with van der Waals surface area (Å²) in [5.74, 6) is 0. The van der Waals surface area contributed by atoms with Gasteiger partial charge in [-0.3, -0.25) is 0 Å². The summed E-state index contributed by atoms with van der Waals surface area (Å²) >= 11 is 0. The molecule has 1 aliphatic heterocycles. The fourth-order valence-corrected chi connectivity index (χ4v) is 2.50. The van der Waals surface area contributed by atoms with Gasteiger partial charge in [0, 0.05) is 14.1 Å². The minimum absolute atomic E-state index is 0.167. The molecule has 5 nitrogen and oxygen atoms in total. The minimum atomic E-state index is -3.46. The second kappa shape index (κ2) is 3.85. The van der Waals surface area contributed by atoms with Crippen LogP contribution in [0.25, 0.3) is 0 Å². The van der Waals surface area contributed by atoms with Crippen LogP contribution in [0.15, 0.2) is 23.1 Å². The molecule has 1 aromatic rings. The molecule has 0 fully saturated rings. The third-order valence-corrected chi connectivity index (χ3v) is 4.37. The van der Waals surface area contributed by atoms with Gasteiger partial charge in [0.25, 0.3) is 0 Å². The number of hydrogen-bond donors (Lipinski definition) is 1. The molecule has 0 amide bonds. The van der Waals surface area contributed by atoms with E-state index in [1.165, 1.54) is 26.2 Å². The van der Waals surface area contributed by atoms with Gasteiger partial charge in [-0.2, -0.15) is 0 Å². The van der Waals surface area contributed by atoms with Crippen molar-refractivity contribution in [1.29, 1.82) is 0 Å². The van der Waals surface area contributed by atoms with Crippen molar-refractivity contribution in [3.63, 3.8) is 0 Å². The van der Waals surface area contributed by atoms with Crippen molar-refractivity contribution < 1.29 is 18.1 Å². The van der Waals surface area contributed by atoms with Gasteiger partial charge >= 0.3 is 7.12 Å². The first-order valence-electron chi connectivity index (χ1n) is 4.78. The Morgan fingerprint density at radius 3 is 2.75 bits per heavy atom. The normalized spacial score (nSPS) is 15.6. The summed E-state index contributed by atoms with van der Waals surface area (Å²) in [6.07, 6.45) is 0. The number of rotatable bonds is 2. The van der Waals surface area contributed by atoms with Gasteiger partial charge in [0.15, 0.2) is 0 Å². The molecule has 1 aromatic carbocycles. The topological polar surface area (TPSA) is 66.8 Å². The average Bonchev–Trinajstić information content (AvgIpc) is 2.60. The van der Waals surface area contributed by atoms with E-state index in [9.17, 15) is 13.4 Å². The molecule has 0 atom stereocenters. The Morgan fingerprint density at radius 2 is 2.12 bits per heavy atom. The molecule has 0 unspecified atom stereocenters. The van der Waals surface area contributed by atoms with E-state index in [4.69, 9.17) is 4.65 Å². The highest BCUT2D eigenvalue weighted by atomic mass is 32.2. The van der Waals surface area contributed by atoms with E-state index < -0.39 is 17.1 Å². The summed E-state index contributed by atoms with van der Waals surface area (Å²) in [5, 5.41) is 9.48. The molecule has 86 valence electrons. The first-order chi connectivity index (χ1) is 7.43. The lowest BCUT2D eigenvalue weighted by molar-refractivity contribution is 0.275. The largest absolute Gasteiger partial charge is 0.491 e. The standard InChI is InChI=1S/C9H12BNO4S/c1-11(2)16(13,14)8-4-3-7-6-15-10(12)9(7)5-8/h3-5,12H,6H2,1-2H3. The highest BCUT2D eigenvalue weighted by Gasteiger charge is 2.29. The van der Waals surface area contributed by atoms with Gasteiger partial charge in [0.2, 0.25) is 10.0 Å². The van der Waals surface area contributed by atoms with Crippen LogP contribution >= 0.6 is 0 Å². The van der Waals surface area contributed by atoms with Gasteiger partial charge < -0.3 is 9.68 Å². The summed E-state index contributed by atoms with van der Waals surface area (Å²) in [7, 11) is -1.54. The maximum absolute atomic E-state index is 11.8. The Bertz CT molecular complexity index is 514. The van der Waals surface area contributed by atoms with Crippen molar-refractivity contribution in [2.45, 2.75) is 11.5 Å². The highest BCUT2D eigenvalue weighted by Crippen LogP contribution is 2.16. The molecule has 1 N–H and O–H groups in total. The summed E-state index contributed by atoms with van der Waals surface area (Å²) < 4.78 is 29.8. The molecule has 0 saturated carbocycles. The number of sulfonamides is 1. The highest BCUT2D eigenvalue weighted by molar-refractivity contribution is 7.89. The molecule has 0 radical (unpaired) electrons. The SMILES string of the molecule is CN(C)S(=O)(=O)c1ccc2c(c1)B(O)OC2. The van der Waals surface area contributed by atoms with Crippen LogP contribution in [0.2, 0.25) is 0 Å². The van der Waals surface area contributed by atoms with Crippen molar-refractivity contribution in [3.8, 4) is 0 Å². The third-order valence-electron chi connectivity index (χ3n) is 2.56. The maximum atomic E-state index is 11.8. The van der Waals surface area contributed by atoms with Crippen LogP contribution in [0, 0.1) is 0 Å². The Labute approximate surface area is 94.8 Å². The monoisotopic (exact) mass is 241 g/mol. The summed E-state index contributed by atoms with van der Waals surface area (Å²) in [5.41, 5.74) is 1.35. The van der Waals surface area contributed by atoms with E-state index in [2.05, 4.69) is 0 Å². The quantitative estimate of drug-likeness (QED) is 0.685. The van der Waals surface area contributed by atoms with Crippen LogP contribution < -0.4 is 5.46 Å². The Morgan fingerprint density at radius 1 is 1.44 bits per heavy atom. The fraction of sp³-hybridized carbons (Fsp3) is 0.333. The van der Waals surface area contributed by atoms with Gasteiger partial charge in [0.1, 0.15) is 0 Å². The van der Waals surface area contributed by atoms with Crippen molar-refractivity contribution in [2.75, 3.05) is 14.1 Å². The predicted octanol–water partition coefficient (Wildman–Crippen LogP) is -0.845. The van der Waals surface area contributed by atoms with Crippen molar-refractivity contribution in [2.24, 2.45) is 0 Å². The Balaban J connectivity index is 2.51. The van der Waals surface area contributed by atoms with Gasteiger partial charge in [-0.1, -0.05) is 6.07 Å². The van der Waals surface area contributed by atoms with E-state index in [0.29, 0.717) is 12.1 Å². The van der Waals surface area contributed by atoms with Crippen LogP contribution in [-0.4, -0.2) is 39.0 Å². The van der Waals surface area contributed by atoms with Crippen molar-refractivity contribution >= 4 is 22.6 Å². The molecule has 0 bridgehead atoms. The van der Waals surface area contributed by atoms with Crippen molar-refractivity contribution in [1.82, 2.24) is 4.31 Å². The zero-order valence-corrected chi connectivity index (χ0v) is 9.86. The molecule has 0 aliphatic carbocycles. The molecule has 1 heterocycles. The van der Waals surface area contributed by atoms with Gasteiger partial charge in [-0.25, -0.2) is 12.7 Å². The van der Waals surface area contributed by atoms with E-state index in [1.54, 1.807) is 6.07 Å². The van der Waals surface area contributed by atoms with E-state index in [-0.39, 0.29) is 4.90 Å². The number of nitrogens with zero attached hydrogens (tertiary/aromatic N) is 1. The zero-order valence-electron chi connectivity index (χ0n) is 9.04. The molecule has 1 aliphatic rings. The summed E-state index contributed by atoms with van der Waals surface area (Å²) in [4.78, 5) is 0.167. The number of fused-ring (bicyclic) bond motifs is 1. The molecular weight excluding hydrogens is 229 g/mol. The molecule has 0 saturated heterocycles. The molecule has 0 aromatic heterocycles. The Kier molecular flexibility index (Phi) is 2.79. The molecule has 16 heavy (non-hydrogen) atoms. The predicted molar refractivity (Wildman–Crippen MR) is 59.7 cm³/mol. The third kappa shape index (κ3) is 1.76. The summed E-state index contributed by atoms with van der Waals surface area (Å²) in [6, 6.07) is 4.65. The zero-order chi connectivity index (χ0) is 11.9. The van der Waals surface area contributed by atoms with Gasteiger partial charge in [-0.05, 0) is 23.2 Å². The maximum Gasteiger partial charge on any atom is 0.491 e. The average molecular weight is 241 g/mol. The second-order valence-electron chi connectivity index (χ2n) is 3.81. The number of benzene rings is 1. The van der Waals surface area contributed by atoms with Crippen LogP contribution in [0.5, 0.6) is 0 Å². The van der Waals surface area contributed by atoms with Crippen LogP contribution in [0.4, 0.5) is 0 Å².